The Bertz CT molecular complexity index is 1020. The fourth-order valence-electron chi connectivity index (χ4n) is 8.94. The smallest absolute Gasteiger partial charge is 0.438 e. The number of hydrogen-bond donors (Lipinski definition) is 0. The number of piperazine rings is 1. The fourth-order valence-corrected chi connectivity index (χ4v) is 8.94. The monoisotopic (exact) mass is 892 g/mol. The van der Waals surface area contributed by atoms with Gasteiger partial charge < -0.3 is 24.2 Å². The van der Waals surface area contributed by atoms with Gasteiger partial charge in [0.05, 0.1) is 26.8 Å². The first-order chi connectivity index (χ1) is 30.9. The topological polar surface area (TPSA) is 85.9 Å². The maximum Gasteiger partial charge on any atom is 0.507 e. The van der Waals surface area contributed by atoms with Crippen molar-refractivity contribution in [3.05, 3.63) is 0 Å². The minimum atomic E-state index is -0.631. The number of methoxy groups -OCH3 is 1. The second kappa shape index (κ2) is 44.0. The Morgan fingerprint density at radius 2 is 0.635 bits per heavy atom. The Labute approximate surface area is 390 Å². The lowest BCUT2D eigenvalue weighted by molar-refractivity contribution is -0.140. The van der Waals surface area contributed by atoms with E-state index in [0.717, 1.165) is 64.8 Å². The highest BCUT2D eigenvalue weighted by molar-refractivity contribution is 5.80. The molecule has 1 aliphatic heterocycles. The summed E-state index contributed by atoms with van der Waals surface area (Å²) in [6, 6.07) is 0. The predicted octanol–water partition coefficient (Wildman–Crippen LogP) is 12.5. The molecule has 0 atom stereocenters. The van der Waals surface area contributed by atoms with E-state index in [9.17, 15) is 14.4 Å². The minimum Gasteiger partial charge on any atom is -0.438 e. The molecule has 0 radical (unpaired) electrons. The molecule has 10 heteroatoms. The maximum absolute atomic E-state index is 14.0. The lowest BCUT2D eigenvalue weighted by Crippen LogP contribution is -2.54. The molecule has 0 saturated carbocycles. The van der Waals surface area contributed by atoms with Gasteiger partial charge in [-0.2, -0.15) is 0 Å². The number of carbonyl (C=O) groups is 3. The van der Waals surface area contributed by atoms with E-state index in [-0.39, 0.29) is 11.8 Å². The van der Waals surface area contributed by atoms with Crippen LogP contribution in [0.2, 0.25) is 0 Å². The molecule has 2 amide bonds. The summed E-state index contributed by atoms with van der Waals surface area (Å²) in [5, 5.41) is 0. The molecule has 0 aromatic carbocycles. The van der Waals surface area contributed by atoms with Crippen molar-refractivity contribution >= 4 is 18.0 Å². The normalized spacial score (nSPS) is 13.2. The summed E-state index contributed by atoms with van der Waals surface area (Å²) in [4.78, 5) is 50.5. The van der Waals surface area contributed by atoms with E-state index in [0.29, 0.717) is 45.9 Å². The molecular formula is C53H105N5O5. The molecule has 0 unspecified atom stereocenters. The lowest BCUT2D eigenvalue weighted by Gasteiger charge is -2.37. The van der Waals surface area contributed by atoms with E-state index < -0.39 is 6.16 Å². The van der Waals surface area contributed by atoms with Gasteiger partial charge in [-0.05, 0) is 77.7 Å². The van der Waals surface area contributed by atoms with Gasteiger partial charge in [0.25, 0.3) is 0 Å². The number of hydrogen-bond acceptors (Lipinski definition) is 8. The van der Waals surface area contributed by atoms with Crippen LogP contribution in [0.3, 0.4) is 0 Å². The third-order valence-corrected chi connectivity index (χ3v) is 13.3. The lowest BCUT2D eigenvalue weighted by atomic mass is 10.1. The Morgan fingerprint density at radius 1 is 0.365 bits per heavy atom. The molecular weight excluding hydrogens is 787 g/mol. The highest BCUT2D eigenvalue weighted by Crippen LogP contribution is 2.14. The first-order valence-electron chi connectivity index (χ1n) is 27.3. The van der Waals surface area contributed by atoms with Crippen molar-refractivity contribution in [2.45, 2.75) is 227 Å². The van der Waals surface area contributed by atoms with E-state index in [1.165, 1.54) is 187 Å². The molecule has 0 spiro atoms. The van der Waals surface area contributed by atoms with Crippen LogP contribution in [-0.2, 0) is 19.1 Å². The molecule has 0 bridgehead atoms. The van der Waals surface area contributed by atoms with Crippen LogP contribution < -0.4 is 0 Å². The van der Waals surface area contributed by atoms with Gasteiger partial charge in [-0.25, -0.2) is 4.79 Å². The van der Waals surface area contributed by atoms with Gasteiger partial charge in [-0.1, -0.05) is 182 Å². The third kappa shape index (κ3) is 35.0. The number of amides is 2. The molecule has 0 aliphatic carbocycles. The van der Waals surface area contributed by atoms with E-state index >= 15 is 0 Å². The number of ether oxygens (including phenoxy) is 2. The van der Waals surface area contributed by atoms with Crippen molar-refractivity contribution < 1.29 is 23.9 Å². The average molecular weight is 892 g/mol. The zero-order valence-corrected chi connectivity index (χ0v) is 42.6. The Hall–Kier alpha value is -1.91. The van der Waals surface area contributed by atoms with Crippen LogP contribution in [0.15, 0.2) is 0 Å². The average Bonchev–Trinajstić information content (AvgIpc) is 3.29. The standard InChI is InChI=1S/C53H105N5O5/c1-6-10-14-18-22-26-31-37-54(38-32-27-23-19-15-11-7-2)42-43-56(41-34-29-25-21-17-13-9-4)50-52(60)58-46-44-57(45-47-58)51(59)49-55(39-33-28-24-20-16-12-8-3)40-35-30-36-48-63-53(61)62-5/h6-50H2,1-5H3. The van der Waals surface area contributed by atoms with Crippen LogP contribution in [0.25, 0.3) is 0 Å². The molecule has 10 nitrogen and oxygen atoms in total. The van der Waals surface area contributed by atoms with Gasteiger partial charge >= 0.3 is 6.16 Å². The van der Waals surface area contributed by atoms with E-state index in [1.807, 2.05) is 9.80 Å². The highest BCUT2D eigenvalue weighted by Gasteiger charge is 2.26. The second-order valence-electron chi connectivity index (χ2n) is 19.0. The van der Waals surface area contributed by atoms with Crippen molar-refractivity contribution in [3.63, 3.8) is 0 Å². The van der Waals surface area contributed by atoms with Gasteiger partial charge in [0.1, 0.15) is 0 Å². The number of carbonyl (C=O) groups excluding carboxylic acids is 3. The fraction of sp³-hybridized carbons (Fsp3) is 0.943. The van der Waals surface area contributed by atoms with E-state index in [1.54, 1.807) is 0 Å². The second-order valence-corrected chi connectivity index (χ2v) is 19.0. The molecule has 1 saturated heterocycles. The number of unbranched alkanes of at least 4 members (excludes halogenated alkanes) is 26. The summed E-state index contributed by atoms with van der Waals surface area (Å²) in [6.07, 6.45) is 38.6. The summed E-state index contributed by atoms with van der Waals surface area (Å²) >= 11 is 0. The molecule has 0 aromatic rings. The predicted molar refractivity (Wildman–Crippen MR) is 267 cm³/mol. The van der Waals surface area contributed by atoms with Crippen molar-refractivity contribution in [1.82, 2.24) is 24.5 Å². The molecule has 1 heterocycles. The molecule has 1 rings (SSSR count). The summed E-state index contributed by atoms with van der Waals surface area (Å²) in [5.41, 5.74) is 0. The molecule has 1 aliphatic rings. The first-order valence-corrected chi connectivity index (χ1v) is 27.3. The van der Waals surface area contributed by atoms with Crippen LogP contribution >= 0.6 is 0 Å². The van der Waals surface area contributed by atoms with Crippen molar-refractivity contribution in [2.75, 3.05) is 98.8 Å². The van der Waals surface area contributed by atoms with E-state index in [2.05, 4.69) is 47.1 Å². The quantitative estimate of drug-likeness (QED) is 0.0441. The van der Waals surface area contributed by atoms with Crippen LogP contribution in [-0.4, -0.2) is 141 Å². The van der Waals surface area contributed by atoms with Crippen LogP contribution in [0, 0.1) is 0 Å². The van der Waals surface area contributed by atoms with Gasteiger partial charge in [0.15, 0.2) is 0 Å². The molecule has 372 valence electrons. The molecule has 0 N–H and O–H groups in total. The van der Waals surface area contributed by atoms with Crippen LogP contribution in [0.5, 0.6) is 0 Å². The first kappa shape index (κ1) is 59.1. The highest BCUT2D eigenvalue weighted by atomic mass is 16.7. The molecule has 63 heavy (non-hydrogen) atoms. The van der Waals surface area contributed by atoms with Crippen LogP contribution in [0.1, 0.15) is 227 Å². The summed E-state index contributed by atoms with van der Waals surface area (Å²) in [7, 11) is 1.33. The minimum absolute atomic E-state index is 0.182. The van der Waals surface area contributed by atoms with Gasteiger partial charge in [0.2, 0.25) is 11.8 Å². The number of nitrogens with zero attached hydrogens (tertiary/aromatic N) is 5. The van der Waals surface area contributed by atoms with Crippen molar-refractivity contribution in [3.8, 4) is 0 Å². The van der Waals surface area contributed by atoms with Gasteiger partial charge in [-0.3, -0.25) is 19.4 Å². The van der Waals surface area contributed by atoms with Gasteiger partial charge in [-0.15, -0.1) is 0 Å². The van der Waals surface area contributed by atoms with Gasteiger partial charge in [0, 0.05) is 39.3 Å². The SMILES string of the molecule is CCCCCCCCCN(CCCCCCCCC)CCN(CCCCCCCCC)CC(=O)N1CCN(C(=O)CN(CCCCCCCCC)CCCCCOC(=O)OC)CC1. The number of rotatable bonds is 45. The summed E-state index contributed by atoms with van der Waals surface area (Å²) in [5.74, 6) is 0.411. The Kier molecular flexibility index (Phi) is 41.2. The third-order valence-electron chi connectivity index (χ3n) is 13.3. The zero-order chi connectivity index (χ0) is 45.9. The van der Waals surface area contributed by atoms with E-state index in [4.69, 9.17) is 4.74 Å². The van der Waals surface area contributed by atoms with Crippen LogP contribution in [0.4, 0.5) is 4.79 Å². The summed E-state index contributed by atoms with van der Waals surface area (Å²) in [6.45, 7) is 20.0. The Balaban J connectivity index is 2.78. The Morgan fingerprint density at radius 3 is 0.968 bits per heavy atom. The molecule has 1 fully saturated rings. The zero-order valence-electron chi connectivity index (χ0n) is 42.6. The molecule has 0 aromatic heterocycles. The summed E-state index contributed by atoms with van der Waals surface area (Å²) < 4.78 is 9.63. The van der Waals surface area contributed by atoms with Crippen molar-refractivity contribution in [2.24, 2.45) is 0 Å². The maximum atomic E-state index is 14.0. The van der Waals surface area contributed by atoms with Crippen molar-refractivity contribution in [1.29, 1.82) is 0 Å². The largest absolute Gasteiger partial charge is 0.507 e.